The first kappa shape index (κ1) is 15.0. The number of ether oxygens (including phenoxy) is 1. The SMILES string of the molecule is CCC(Br)Cc1cc(CC(=O)O)c(C)cc1OC. The Morgan fingerprint density at radius 2 is 2.11 bits per heavy atom. The fourth-order valence-corrected chi connectivity index (χ4v) is 2.21. The summed E-state index contributed by atoms with van der Waals surface area (Å²) in [6.07, 6.45) is 1.92. The highest BCUT2D eigenvalue weighted by atomic mass is 79.9. The lowest BCUT2D eigenvalue weighted by Crippen LogP contribution is -2.07. The van der Waals surface area contributed by atoms with Crippen molar-refractivity contribution in [1.29, 1.82) is 0 Å². The van der Waals surface area contributed by atoms with E-state index in [0.717, 1.165) is 35.3 Å². The monoisotopic (exact) mass is 314 g/mol. The first-order valence-corrected chi connectivity index (χ1v) is 6.91. The number of carboxylic acids is 1. The van der Waals surface area contributed by atoms with Gasteiger partial charge in [-0.3, -0.25) is 4.79 Å². The van der Waals surface area contributed by atoms with E-state index >= 15 is 0 Å². The molecule has 0 saturated carbocycles. The molecule has 3 nitrogen and oxygen atoms in total. The lowest BCUT2D eigenvalue weighted by molar-refractivity contribution is -0.136. The predicted molar refractivity (Wildman–Crippen MR) is 75.8 cm³/mol. The lowest BCUT2D eigenvalue weighted by Gasteiger charge is -2.15. The van der Waals surface area contributed by atoms with E-state index in [1.807, 2.05) is 19.1 Å². The number of alkyl halides is 1. The molecule has 1 atom stereocenters. The highest BCUT2D eigenvalue weighted by molar-refractivity contribution is 9.09. The van der Waals surface area contributed by atoms with Crippen LogP contribution in [0.4, 0.5) is 0 Å². The summed E-state index contributed by atoms with van der Waals surface area (Å²) < 4.78 is 5.36. The normalized spacial score (nSPS) is 12.2. The van der Waals surface area contributed by atoms with Crippen LogP contribution in [0.5, 0.6) is 5.75 Å². The van der Waals surface area contributed by atoms with E-state index in [2.05, 4.69) is 22.9 Å². The third-order valence-corrected chi connectivity index (χ3v) is 3.94. The van der Waals surface area contributed by atoms with E-state index in [1.54, 1.807) is 7.11 Å². The molecule has 0 aromatic heterocycles. The van der Waals surface area contributed by atoms with Gasteiger partial charge in [-0.05, 0) is 42.5 Å². The predicted octanol–water partition coefficient (Wildman–Crippen LogP) is 3.35. The molecular formula is C14H19BrO3. The van der Waals surface area contributed by atoms with Crippen molar-refractivity contribution in [3.8, 4) is 5.75 Å². The van der Waals surface area contributed by atoms with E-state index in [0.29, 0.717) is 4.83 Å². The molecule has 0 fully saturated rings. The third-order valence-electron chi connectivity index (χ3n) is 2.97. The first-order valence-electron chi connectivity index (χ1n) is 6.00. The molecule has 18 heavy (non-hydrogen) atoms. The molecular weight excluding hydrogens is 296 g/mol. The molecule has 1 aromatic rings. The van der Waals surface area contributed by atoms with Crippen molar-refractivity contribution in [2.75, 3.05) is 7.11 Å². The van der Waals surface area contributed by atoms with Gasteiger partial charge in [-0.1, -0.05) is 28.9 Å². The molecule has 0 spiro atoms. The Bertz CT molecular complexity index is 429. The second-order valence-corrected chi connectivity index (χ2v) is 5.67. The quantitative estimate of drug-likeness (QED) is 0.819. The van der Waals surface area contributed by atoms with Crippen LogP contribution in [0.2, 0.25) is 0 Å². The number of carboxylic acid groups (broad SMARTS) is 1. The molecule has 1 aromatic carbocycles. The van der Waals surface area contributed by atoms with Crippen molar-refractivity contribution < 1.29 is 14.6 Å². The van der Waals surface area contributed by atoms with Gasteiger partial charge < -0.3 is 9.84 Å². The minimum atomic E-state index is -0.805. The number of hydrogen-bond donors (Lipinski definition) is 1. The van der Waals surface area contributed by atoms with Crippen molar-refractivity contribution in [2.45, 2.75) is 37.9 Å². The Hall–Kier alpha value is -1.03. The van der Waals surface area contributed by atoms with Crippen LogP contribution in [-0.2, 0) is 17.6 Å². The number of hydrogen-bond acceptors (Lipinski definition) is 2. The third kappa shape index (κ3) is 4.02. The van der Waals surface area contributed by atoms with Crippen molar-refractivity contribution in [1.82, 2.24) is 0 Å². The molecule has 0 aliphatic rings. The van der Waals surface area contributed by atoms with Crippen LogP contribution in [-0.4, -0.2) is 23.0 Å². The van der Waals surface area contributed by atoms with Gasteiger partial charge in [0.1, 0.15) is 5.75 Å². The van der Waals surface area contributed by atoms with Crippen LogP contribution in [0.3, 0.4) is 0 Å². The smallest absolute Gasteiger partial charge is 0.307 e. The summed E-state index contributed by atoms with van der Waals surface area (Å²) in [6.45, 7) is 4.02. The van der Waals surface area contributed by atoms with E-state index in [1.165, 1.54) is 0 Å². The minimum absolute atomic E-state index is 0.0574. The Labute approximate surface area is 116 Å². The molecule has 4 heteroatoms. The lowest BCUT2D eigenvalue weighted by atomic mass is 9.98. The molecule has 0 amide bonds. The molecule has 0 heterocycles. The van der Waals surface area contributed by atoms with Gasteiger partial charge >= 0.3 is 5.97 Å². The van der Waals surface area contributed by atoms with Crippen LogP contribution < -0.4 is 4.74 Å². The number of aliphatic carboxylic acids is 1. The second-order valence-electron chi connectivity index (χ2n) is 4.37. The van der Waals surface area contributed by atoms with Crippen molar-refractivity contribution in [3.05, 3.63) is 28.8 Å². The standard InChI is InChI=1S/C14H19BrO3/c1-4-12(15)7-11-6-10(8-14(16)17)9(2)5-13(11)18-3/h5-6,12H,4,7-8H2,1-3H3,(H,16,17). The fourth-order valence-electron chi connectivity index (χ4n) is 1.86. The Morgan fingerprint density at radius 1 is 1.44 bits per heavy atom. The molecule has 0 radical (unpaired) electrons. The molecule has 0 aliphatic carbocycles. The zero-order chi connectivity index (χ0) is 13.7. The highest BCUT2D eigenvalue weighted by Gasteiger charge is 2.13. The molecule has 1 unspecified atom stereocenters. The van der Waals surface area contributed by atoms with Crippen LogP contribution in [0.1, 0.15) is 30.0 Å². The summed E-state index contributed by atoms with van der Waals surface area (Å²) in [4.78, 5) is 11.2. The number of benzene rings is 1. The van der Waals surface area contributed by atoms with Crippen molar-refractivity contribution >= 4 is 21.9 Å². The molecule has 0 bridgehead atoms. The summed E-state index contributed by atoms with van der Waals surface area (Å²) in [6, 6.07) is 3.87. The van der Waals surface area contributed by atoms with Gasteiger partial charge in [-0.15, -0.1) is 0 Å². The fraction of sp³-hybridized carbons (Fsp3) is 0.500. The Kier molecular flexibility index (Phi) is 5.66. The first-order chi connectivity index (χ1) is 8.47. The van der Waals surface area contributed by atoms with E-state index in [4.69, 9.17) is 9.84 Å². The van der Waals surface area contributed by atoms with Gasteiger partial charge in [0.15, 0.2) is 0 Å². The summed E-state index contributed by atoms with van der Waals surface area (Å²) in [5, 5.41) is 8.90. The zero-order valence-corrected chi connectivity index (χ0v) is 12.6. The van der Waals surface area contributed by atoms with Crippen LogP contribution in [0.15, 0.2) is 12.1 Å². The van der Waals surface area contributed by atoms with Crippen molar-refractivity contribution in [3.63, 3.8) is 0 Å². The van der Waals surface area contributed by atoms with Gasteiger partial charge in [0.05, 0.1) is 13.5 Å². The summed E-state index contributed by atoms with van der Waals surface area (Å²) >= 11 is 3.60. The van der Waals surface area contributed by atoms with Crippen molar-refractivity contribution in [2.24, 2.45) is 0 Å². The molecule has 100 valence electrons. The zero-order valence-electron chi connectivity index (χ0n) is 11.0. The van der Waals surface area contributed by atoms with Crippen LogP contribution in [0.25, 0.3) is 0 Å². The number of rotatable bonds is 6. The minimum Gasteiger partial charge on any atom is -0.496 e. The molecule has 1 N–H and O–H groups in total. The number of carbonyl (C=O) groups is 1. The maximum absolute atomic E-state index is 10.8. The average Bonchev–Trinajstić information content (AvgIpc) is 2.32. The second kappa shape index (κ2) is 6.78. The van der Waals surface area contributed by atoms with E-state index < -0.39 is 5.97 Å². The van der Waals surface area contributed by atoms with Gasteiger partial charge in [-0.25, -0.2) is 0 Å². The maximum atomic E-state index is 10.8. The Morgan fingerprint density at radius 3 is 2.61 bits per heavy atom. The average molecular weight is 315 g/mol. The molecule has 0 saturated heterocycles. The largest absolute Gasteiger partial charge is 0.496 e. The topological polar surface area (TPSA) is 46.5 Å². The summed E-state index contributed by atoms with van der Waals surface area (Å²) in [5.41, 5.74) is 2.87. The van der Waals surface area contributed by atoms with Crippen LogP contribution >= 0.6 is 15.9 Å². The van der Waals surface area contributed by atoms with Gasteiger partial charge in [-0.2, -0.15) is 0 Å². The maximum Gasteiger partial charge on any atom is 0.307 e. The number of aryl methyl sites for hydroxylation is 1. The highest BCUT2D eigenvalue weighted by Crippen LogP contribution is 2.27. The molecule has 0 aliphatic heterocycles. The molecule has 1 rings (SSSR count). The van der Waals surface area contributed by atoms with E-state index in [-0.39, 0.29) is 6.42 Å². The number of methoxy groups -OCH3 is 1. The van der Waals surface area contributed by atoms with Gasteiger partial charge in [0, 0.05) is 4.83 Å². The Balaban J connectivity index is 3.09. The van der Waals surface area contributed by atoms with Gasteiger partial charge in [0.2, 0.25) is 0 Å². The van der Waals surface area contributed by atoms with E-state index in [9.17, 15) is 4.79 Å². The van der Waals surface area contributed by atoms with Crippen LogP contribution in [0, 0.1) is 6.92 Å². The summed E-state index contributed by atoms with van der Waals surface area (Å²) in [5.74, 6) is 0.0274. The number of halogens is 1. The van der Waals surface area contributed by atoms with Gasteiger partial charge in [0.25, 0.3) is 0 Å². The summed E-state index contributed by atoms with van der Waals surface area (Å²) in [7, 11) is 1.64.